The second kappa shape index (κ2) is 4.95. The lowest BCUT2D eigenvalue weighted by molar-refractivity contribution is 0.474. The molecule has 2 rings (SSSR count). The summed E-state index contributed by atoms with van der Waals surface area (Å²) < 4.78 is 2.07. The smallest absolute Gasteiger partial charge is 0.182 e. The van der Waals surface area contributed by atoms with Crippen LogP contribution in [0, 0.1) is 0 Å². The summed E-state index contributed by atoms with van der Waals surface area (Å²) in [5, 5.41) is 8.12. The maximum Gasteiger partial charge on any atom is 0.182 e. The zero-order valence-corrected chi connectivity index (χ0v) is 10.2. The Labute approximate surface area is 101 Å². The fourth-order valence-corrected chi connectivity index (χ4v) is 1.95. The molecule has 0 saturated carbocycles. The Bertz CT molecular complexity index is 487. The Morgan fingerprint density at radius 3 is 2.71 bits per heavy atom. The highest BCUT2D eigenvalue weighted by Crippen LogP contribution is 2.23. The summed E-state index contributed by atoms with van der Waals surface area (Å²) in [7, 11) is 0. The molecule has 0 aromatic carbocycles. The third-order valence-corrected chi connectivity index (χ3v) is 2.91. The van der Waals surface area contributed by atoms with E-state index < -0.39 is 0 Å². The van der Waals surface area contributed by atoms with Crippen LogP contribution in [0.25, 0.3) is 11.5 Å². The van der Waals surface area contributed by atoms with Crippen LogP contribution in [0.3, 0.4) is 0 Å². The molecule has 0 atom stereocenters. The van der Waals surface area contributed by atoms with E-state index in [1.165, 1.54) is 0 Å². The van der Waals surface area contributed by atoms with Crippen molar-refractivity contribution in [1.82, 2.24) is 19.7 Å². The molecule has 2 heterocycles. The van der Waals surface area contributed by atoms with Crippen LogP contribution in [0.2, 0.25) is 0 Å². The van der Waals surface area contributed by atoms with Crippen LogP contribution in [0.15, 0.2) is 24.5 Å². The maximum absolute atomic E-state index is 5.69. The van der Waals surface area contributed by atoms with Crippen LogP contribution < -0.4 is 5.73 Å². The largest absolute Gasteiger partial charge is 0.384 e. The van der Waals surface area contributed by atoms with Gasteiger partial charge in [0.05, 0.1) is 0 Å². The molecule has 0 saturated heterocycles. The van der Waals surface area contributed by atoms with Crippen LogP contribution in [0.4, 0.5) is 5.82 Å². The van der Waals surface area contributed by atoms with Gasteiger partial charge in [-0.3, -0.25) is 0 Å². The summed E-state index contributed by atoms with van der Waals surface area (Å²) in [6.07, 6.45) is 3.85. The summed E-state index contributed by atoms with van der Waals surface area (Å²) in [5.74, 6) is 1.28. The molecule has 2 N–H and O–H groups in total. The average molecular weight is 231 g/mol. The van der Waals surface area contributed by atoms with Crippen molar-refractivity contribution in [2.45, 2.75) is 32.7 Å². The molecule has 17 heavy (non-hydrogen) atoms. The second-order valence-corrected chi connectivity index (χ2v) is 3.98. The average Bonchev–Trinajstić information content (AvgIpc) is 2.80. The van der Waals surface area contributed by atoms with Crippen LogP contribution in [0.5, 0.6) is 0 Å². The molecule has 2 aromatic rings. The van der Waals surface area contributed by atoms with E-state index >= 15 is 0 Å². The molecule has 0 bridgehead atoms. The lowest BCUT2D eigenvalue weighted by Crippen LogP contribution is -2.08. The van der Waals surface area contributed by atoms with Crippen molar-refractivity contribution >= 4 is 5.82 Å². The third kappa shape index (κ3) is 2.27. The Hall–Kier alpha value is -1.91. The van der Waals surface area contributed by atoms with Gasteiger partial charge >= 0.3 is 0 Å². The highest BCUT2D eigenvalue weighted by molar-refractivity contribution is 5.52. The van der Waals surface area contributed by atoms with E-state index in [9.17, 15) is 0 Å². The number of pyridine rings is 1. The van der Waals surface area contributed by atoms with Gasteiger partial charge < -0.3 is 10.3 Å². The summed E-state index contributed by atoms with van der Waals surface area (Å²) >= 11 is 0. The molecular formula is C12H17N5. The fraction of sp³-hybridized carbons (Fsp3) is 0.417. The minimum atomic E-state index is 0.406. The van der Waals surface area contributed by atoms with Crippen molar-refractivity contribution in [3.63, 3.8) is 0 Å². The van der Waals surface area contributed by atoms with Crippen molar-refractivity contribution in [2.75, 3.05) is 5.73 Å². The minimum Gasteiger partial charge on any atom is -0.384 e. The maximum atomic E-state index is 5.69. The molecule has 0 radical (unpaired) electrons. The fourth-order valence-electron chi connectivity index (χ4n) is 1.95. The van der Waals surface area contributed by atoms with Gasteiger partial charge in [0.15, 0.2) is 5.82 Å². The number of hydrogen-bond donors (Lipinski definition) is 1. The van der Waals surface area contributed by atoms with Gasteiger partial charge in [0.1, 0.15) is 17.8 Å². The molecule has 90 valence electrons. The van der Waals surface area contributed by atoms with Gasteiger partial charge in [0, 0.05) is 6.04 Å². The standard InChI is InChI=1S/C12H17N5/c1-3-9(4-2)17-8-14-16-12(17)10-6-5-7-11(13)15-10/h5-9H,3-4H2,1-2H3,(H2,13,15). The van der Waals surface area contributed by atoms with E-state index in [4.69, 9.17) is 5.73 Å². The molecule has 0 aliphatic rings. The highest BCUT2D eigenvalue weighted by Gasteiger charge is 2.14. The minimum absolute atomic E-state index is 0.406. The predicted molar refractivity (Wildman–Crippen MR) is 67.3 cm³/mol. The van der Waals surface area contributed by atoms with Gasteiger partial charge in [-0.15, -0.1) is 10.2 Å². The second-order valence-electron chi connectivity index (χ2n) is 3.98. The summed E-state index contributed by atoms with van der Waals surface area (Å²) in [5.41, 5.74) is 6.46. The molecule has 0 aliphatic heterocycles. The van der Waals surface area contributed by atoms with Gasteiger partial charge in [0.25, 0.3) is 0 Å². The molecular weight excluding hydrogens is 214 g/mol. The monoisotopic (exact) mass is 231 g/mol. The zero-order valence-electron chi connectivity index (χ0n) is 10.2. The molecule has 5 nitrogen and oxygen atoms in total. The van der Waals surface area contributed by atoms with Gasteiger partial charge in [-0.1, -0.05) is 19.9 Å². The van der Waals surface area contributed by atoms with Crippen LogP contribution in [0.1, 0.15) is 32.7 Å². The van der Waals surface area contributed by atoms with Gasteiger partial charge in [-0.2, -0.15) is 0 Å². The summed E-state index contributed by atoms with van der Waals surface area (Å²) in [6.45, 7) is 4.31. The number of rotatable bonds is 4. The molecule has 0 aliphatic carbocycles. The van der Waals surface area contributed by atoms with E-state index in [-0.39, 0.29) is 0 Å². The highest BCUT2D eigenvalue weighted by atomic mass is 15.3. The lowest BCUT2D eigenvalue weighted by atomic mass is 10.1. The van der Waals surface area contributed by atoms with Gasteiger partial charge in [0.2, 0.25) is 0 Å². The lowest BCUT2D eigenvalue weighted by Gasteiger charge is -2.15. The quantitative estimate of drug-likeness (QED) is 0.876. The first-order valence-electron chi connectivity index (χ1n) is 5.88. The van der Waals surface area contributed by atoms with Crippen molar-refractivity contribution < 1.29 is 0 Å². The Balaban J connectivity index is 2.43. The van der Waals surface area contributed by atoms with E-state index in [2.05, 4.69) is 33.6 Å². The third-order valence-electron chi connectivity index (χ3n) is 2.91. The van der Waals surface area contributed by atoms with Crippen molar-refractivity contribution in [2.24, 2.45) is 0 Å². The SMILES string of the molecule is CCC(CC)n1cnnc1-c1cccc(N)n1. The van der Waals surface area contributed by atoms with Crippen LogP contribution in [-0.4, -0.2) is 19.7 Å². The first-order chi connectivity index (χ1) is 8.26. The van der Waals surface area contributed by atoms with E-state index in [1.807, 2.05) is 12.1 Å². The molecule has 5 heteroatoms. The van der Waals surface area contributed by atoms with E-state index in [1.54, 1.807) is 12.4 Å². The Morgan fingerprint density at radius 2 is 2.06 bits per heavy atom. The Kier molecular flexibility index (Phi) is 3.37. The first kappa shape index (κ1) is 11.6. The number of nitrogens with two attached hydrogens (primary N) is 1. The number of hydrogen-bond acceptors (Lipinski definition) is 4. The van der Waals surface area contributed by atoms with E-state index in [0.29, 0.717) is 11.9 Å². The topological polar surface area (TPSA) is 69.6 Å². The molecule has 2 aromatic heterocycles. The van der Waals surface area contributed by atoms with Crippen LogP contribution in [-0.2, 0) is 0 Å². The van der Waals surface area contributed by atoms with Gasteiger partial charge in [-0.05, 0) is 25.0 Å². The molecule has 0 fully saturated rings. The van der Waals surface area contributed by atoms with Crippen molar-refractivity contribution in [1.29, 1.82) is 0 Å². The van der Waals surface area contributed by atoms with Crippen LogP contribution >= 0.6 is 0 Å². The molecule has 0 spiro atoms. The number of anilines is 1. The summed E-state index contributed by atoms with van der Waals surface area (Å²) in [4.78, 5) is 4.28. The number of aromatic nitrogens is 4. The number of nitrogen functional groups attached to an aromatic ring is 1. The number of nitrogens with zero attached hydrogens (tertiary/aromatic N) is 4. The first-order valence-corrected chi connectivity index (χ1v) is 5.88. The zero-order chi connectivity index (χ0) is 12.3. The van der Waals surface area contributed by atoms with Gasteiger partial charge in [-0.25, -0.2) is 4.98 Å². The normalized spacial score (nSPS) is 11.0. The van der Waals surface area contributed by atoms with Crippen molar-refractivity contribution in [3.05, 3.63) is 24.5 Å². The van der Waals surface area contributed by atoms with E-state index in [0.717, 1.165) is 24.4 Å². The predicted octanol–water partition coefficient (Wildman–Crippen LogP) is 2.28. The Morgan fingerprint density at radius 1 is 1.29 bits per heavy atom. The summed E-state index contributed by atoms with van der Waals surface area (Å²) in [6, 6.07) is 5.95. The molecule has 0 amide bonds. The van der Waals surface area contributed by atoms with Crippen molar-refractivity contribution in [3.8, 4) is 11.5 Å². The molecule has 0 unspecified atom stereocenters.